The van der Waals surface area contributed by atoms with Crippen LogP contribution in [0.3, 0.4) is 0 Å². The summed E-state index contributed by atoms with van der Waals surface area (Å²) in [5, 5.41) is 29.2. The number of nitrogens with zero attached hydrogens (tertiary/aromatic N) is 6. The van der Waals surface area contributed by atoms with Gasteiger partial charge in [-0.1, -0.05) is 0 Å². The van der Waals surface area contributed by atoms with Gasteiger partial charge >= 0.3 is 0 Å². The summed E-state index contributed by atoms with van der Waals surface area (Å²) in [5.41, 5.74) is 2.42. The topological polar surface area (TPSA) is 142 Å². The maximum absolute atomic E-state index is 12.5. The molecule has 10 nitrogen and oxygen atoms in total. The van der Waals surface area contributed by atoms with Gasteiger partial charge in [0.25, 0.3) is 5.91 Å². The number of amides is 1. The standard InChI is InChI=1S/C26H26N8O2/c27-9-8-26(13-18(14-26)15-28)34-17-20(16-30-34)23-5-10-29-25(33-23)32-21-3-1-19(2-4-21)24(35)31-22-6-11-36-12-7-22/h1-5,10,16-18,22H,6-8,11-14H2,(H,31,35)(H,29,32,33). The van der Waals surface area contributed by atoms with Crippen LogP contribution < -0.4 is 10.6 Å². The molecule has 1 amide bonds. The first-order valence-electron chi connectivity index (χ1n) is 12.0. The molecule has 1 saturated heterocycles. The zero-order valence-electron chi connectivity index (χ0n) is 19.7. The molecule has 0 unspecified atom stereocenters. The van der Waals surface area contributed by atoms with E-state index in [1.54, 1.807) is 35.3 Å². The Labute approximate surface area is 208 Å². The maximum atomic E-state index is 12.5. The van der Waals surface area contributed by atoms with Gasteiger partial charge in [-0.05, 0) is 56.0 Å². The van der Waals surface area contributed by atoms with Crippen LogP contribution in [-0.4, -0.2) is 44.9 Å². The number of nitriles is 2. The summed E-state index contributed by atoms with van der Waals surface area (Å²) < 4.78 is 7.14. The Morgan fingerprint density at radius 3 is 2.67 bits per heavy atom. The number of carbonyl (C=O) groups excluding carboxylic acids is 1. The number of aromatic nitrogens is 4. The molecule has 182 valence electrons. The van der Waals surface area contributed by atoms with Gasteiger partial charge in [-0.2, -0.15) is 15.6 Å². The molecule has 1 aliphatic carbocycles. The molecule has 2 fully saturated rings. The Kier molecular flexibility index (Phi) is 6.61. The Bertz CT molecular complexity index is 1310. The van der Waals surface area contributed by atoms with E-state index in [2.05, 4.69) is 37.8 Å². The van der Waals surface area contributed by atoms with Gasteiger partial charge in [-0.15, -0.1) is 0 Å². The minimum atomic E-state index is -0.430. The van der Waals surface area contributed by atoms with Gasteiger partial charge in [-0.25, -0.2) is 9.97 Å². The van der Waals surface area contributed by atoms with Crippen molar-refractivity contribution in [2.75, 3.05) is 18.5 Å². The third kappa shape index (κ3) is 4.90. The molecule has 10 heteroatoms. The molecule has 2 aliphatic rings. The fraction of sp³-hybridized carbons (Fsp3) is 0.385. The predicted molar refractivity (Wildman–Crippen MR) is 131 cm³/mol. The highest BCUT2D eigenvalue weighted by Crippen LogP contribution is 2.46. The summed E-state index contributed by atoms with van der Waals surface area (Å²) >= 11 is 0. The molecular weight excluding hydrogens is 456 g/mol. The molecule has 36 heavy (non-hydrogen) atoms. The van der Waals surface area contributed by atoms with E-state index in [-0.39, 0.29) is 17.9 Å². The molecule has 5 rings (SSSR count). The first kappa shape index (κ1) is 23.5. The van der Waals surface area contributed by atoms with Gasteiger partial charge in [-0.3, -0.25) is 9.48 Å². The van der Waals surface area contributed by atoms with E-state index < -0.39 is 5.54 Å². The smallest absolute Gasteiger partial charge is 0.251 e. The van der Waals surface area contributed by atoms with E-state index in [0.717, 1.165) is 24.1 Å². The Morgan fingerprint density at radius 2 is 1.94 bits per heavy atom. The van der Waals surface area contributed by atoms with Gasteiger partial charge in [0.05, 0.1) is 41.9 Å². The molecule has 2 aromatic heterocycles. The zero-order chi connectivity index (χ0) is 25.0. The number of nitrogens with one attached hydrogen (secondary N) is 2. The lowest BCUT2D eigenvalue weighted by atomic mass is 9.67. The van der Waals surface area contributed by atoms with Crippen LogP contribution in [0.4, 0.5) is 11.6 Å². The largest absolute Gasteiger partial charge is 0.381 e. The third-order valence-corrected chi connectivity index (χ3v) is 6.82. The molecule has 0 spiro atoms. The highest BCUT2D eigenvalue weighted by atomic mass is 16.5. The van der Waals surface area contributed by atoms with Crippen molar-refractivity contribution in [2.24, 2.45) is 5.92 Å². The fourth-order valence-corrected chi connectivity index (χ4v) is 4.75. The van der Waals surface area contributed by atoms with Crippen LogP contribution in [0.15, 0.2) is 48.9 Å². The van der Waals surface area contributed by atoms with E-state index in [9.17, 15) is 10.1 Å². The van der Waals surface area contributed by atoms with Crippen LogP contribution >= 0.6 is 0 Å². The quantitative estimate of drug-likeness (QED) is 0.521. The monoisotopic (exact) mass is 482 g/mol. The number of anilines is 2. The van der Waals surface area contributed by atoms with Gasteiger partial charge in [0.15, 0.2) is 0 Å². The summed E-state index contributed by atoms with van der Waals surface area (Å²) in [6.45, 7) is 1.35. The highest BCUT2D eigenvalue weighted by molar-refractivity contribution is 5.94. The molecule has 2 N–H and O–H groups in total. The number of hydrogen-bond donors (Lipinski definition) is 2. The zero-order valence-corrected chi connectivity index (χ0v) is 19.7. The summed E-state index contributed by atoms with van der Waals surface area (Å²) in [7, 11) is 0. The Balaban J connectivity index is 1.25. The number of carbonyl (C=O) groups is 1. The van der Waals surface area contributed by atoms with Crippen molar-refractivity contribution in [3.63, 3.8) is 0 Å². The van der Waals surface area contributed by atoms with Gasteiger partial charge < -0.3 is 15.4 Å². The summed E-state index contributed by atoms with van der Waals surface area (Å²) in [6, 6.07) is 13.6. The lowest BCUT2D eigenvalue weighted by molar-refractivity contribution is 0.0696. The second kappa shape index (κ2) is 10.1. The summed E-state index contributed by atoms with van der Waals surface area (Å²) in [5.74, 6) is 0.283. The normalized spacial score (nSPS) is 21.6. The highest BCUT2D eigenvalue weighted by Gasteiger charge is 2.46. The Morgan fingerprint density at radius 1 is 1.17 bits per heavy atom. The van der Waals surface area contributed by atoms with Crippen molar-refractivity contribution in [1.82, 2.24) is 25.1 Å². The minimum Gasteiger partial charge on any atom is -0.381 e. The fourth-order valence-electron chi connectivity index (χ4n) is 4.75. The molecule has 3 heterocycles. The van der Waals surface area contributed by atoms with E-state index in [1.807, 2.05) is 18.3 Å². The molecular formula is C26H26N8O2. The maximum Gasteiger partial charge on any atom is 0.251 e. The van der Waals surface area contributed by atoms with Gasteiger partial charge in [0, 0.05) is 48.5 Å². The number of ether oxygens (including phenoxy) is 1. The van der Waals surface area contributed by atoms with Crippen molar-refractivity contribution in [2.45, 2.75) is 43.7 Å². The molecule has 1 saturated carbocycles. The minimum absolute atomic E-state index is 0.0415. The van der Waals surface area contributed by atoms with E-state index in [4.69, 9.17) is 10.00 Å². The average molecular weight is 483 g/mol. The molecule has 3 aromatic rings. The van der Waals surface area contributed by atoms with Crippen LogP contribution in [0, 0.1) is 28.6 Å². The molecule has 0 atom stereocenters. The second-order valence-corrected chi connectivity index (χ2v) is 9.30. The van der Waals surface area contributed by atoms with Crippen LogP contribution in [0.5, 0.6) is 0 Å². The third-order valence-electron chi connectivity index (χ3n) is 6.82. The van der Waals surface area contributed by atoms with Crippen molar-refractivity contribution in [1.29, 1.82) is 10.5 Å². The Hall–Kier alpha value is -4.28. The molecule has 1 aromatic carbocycles. The predicted octanol–water partition coefficient (Wildman–Crippen LogP) is 3.54. The van der Waals surface area contributed by atoms with Crippen molar-refractivity contribution in [3.05, 3.63) is 54.5 Å². The number of rotatable bonds is 7. The van der Waals surface area contributed by atoms with Crippen molar-refractivity contribution < 1.29 is 9.53 Å². The van der Waals surface area contributed by atoms with E-state index in [0.29, 0.717) is 49.7 Å². The molecule has 0 bridgehead atoms. The van der Waals surface area contributed by atoms with Crippen LogP contribution in [-0.2, 0) is 10.3 Å². The summed E-state index contributed by atoms with van der Waals surface area (Å²) in [4.78, 5) is 21.4. The first-order chi connectivity index (χ1) is 17.6. The average Bonchev–Trinajstić information content (AvgIpc) is 3.38. The van der Waals surface area contributed by atoms with Gasteiger partial charge in [0.2, 0.25) is 5.95 Å². The van der Waals surface area contributed by atoms with Crippen LogP contribution in [0.25, 0.3) is 11.3 Å². The first-order valence-corrected chi connectivity index (χ1v) is 12.0. The van der Waals surface area contributed by atoms with E-state index in [1.165, 1.54) is 0 Å². The second-order valence-electron chi connectivity index (χ2n) is 9.30. The lowest BCUT2D eigenvalue weighted by Crippen LogP contribution is -2.46. The van der Waals surface area contributed by atoms with Crippen molar-refractivity contribution in [3.8, 4) is 23.4 Å². The lowest BCUT2D eigenvalue weighted by Gasteiger charge is -2.43. The van der Waals surface area contributed by atoms with Crippen molar-refractivity contribution >= 4 is 17.5 Å². The number of hydrogen-bond acceptors (Lipinski definition) is 8. The van der Waals surface area contributed by atoms with Crippen LogP contribution in [0.2, 0.25) is 0 Å². The van der Waals surface area contributed by atoms with E-state index >= 15 is 0 Å². The number of benzene rings is 1. The SMILES string of the molecule is N#CCC1(n2cc(-c3ccnc(Nc4ccc(C(=O)NC5CCOCC5)cc4)n3)cn2)CC(C#N)C1. The molecule has 1 aliphatic heterocycles. The molecule has 0 radical (unpaired) electrons. The van der Waals surface area contributed by atoms with Gasteiger partial charge in [0.1, 0.15) is 0 Å². The summed E-state index contributed by atoms with van der Waals surface area (Å²) in [6.07, 6.45) is 8.48. The van der Waals surface area contributed by atoms with Crippen LogP contribution in [0.1, 0.15) is 42.5 Å².